The van der Waals surface area contributed by atoms with Crippen molar-refractivity contribution in [3.63, 3.8) is 0 Å². The van der Waals surface area contributed by atoms with E-state index in [0.717, 1.165) is 65.2 Å². The van der Waals surface area contributed by atoms with Crippen molar-refractivity contribution < 1.29 is 14.3 Å². The molecule has 1 N–H and O–H groups in total. The third kappa shape index (κ3) is 4.72. The standard InChI is InChI=1S/C28H28N2O3S3/c1-16(34-28-21(15-29)19-14-13-17-9-7-8-10-18(17)24(19)36-28)25(31)30-26-23(27(32)33-2)20-11-5-3-4-6-12-22(20)35-26/h7-10,16H,3-6,11-14H2,1-2H3,(H,30,31). The van der Waals surface area contributed by atoms with E-state index < -0.39 is 5.25 Å². The molecular weight excluding hydrogens is 509 g/mol. The number of carbonyl (C=O) groups excluding carboxylic acids is 2. The van der Waals surface area contributed by atoms with E-state index in [4.69, 9.17) is 4.74 Å². The number of esters is 1. The molecule has 0 fully saturated rings. The zero-order chi connectivity index (χ0) is 25.2. The van der Waals surface area contributed by atoms with E-state index in [1.165, 1.54) is 52.6 Å². The molecule has 1 unspecified atom stereocenters. The minimum Gasteiger partial charge on any atom is -0.465 e. The van der Waals surface area contributed by atoms with Crippen LogP contribution in [0.15, 0.2) is 28.5 Å². The lowest BCUT2D eigenvalue weighted by Crippen LogP contribution is -2.23. The van der Waals surface area contributed by atoms with Gasteiger partial charge in [-0.15, -0.1) is 34.4 Å². The lowest BCUT2D eigenvalue weighted by atomic mass is 9.90. The minimum absolute atomic E-state index is 0.171. The molecule has 186 valence electrons. The van der Waals surface area contributed by atoms with E-state index >= 15 is 0 Å². The molecule has 36 heavy (non-hydrogen) atoms. The first kappa shape index (κ1) is 25.1. The van der Waals surface area contributed by atoms with Crippen LogP contribution in [0.5, 0.6) is 0 Å². The molecule has 0 saturated heterocycles. The number of anilines is 1. The molecule has 1 amide bonds. The van der Waals surface area contributed by atoms with Gasteiger partial charge in [-0.3, -0.25) is 4.79 Å². The van der Waals surface area contributed by atoms with E-state index in [1.807, 2.05) is 13.0 Å². The topological polar surface area (TPSA) is 79.2 Å². The molecular formula is C28H28N2O3S3. The summed E-state index contributed by atoms with van der Waals surface area (Å²) in [6.45, 7) is 1.86. The van der Waals surface area contributed by atoms with Gasteiger partial charge >= 0.3 is 5.97 Å². The largest absolute Gasteiger partial charge is 0.465 e. The van der Waals surface area contributed by atoms with Gasteiger partial charge in [0.2, 0.25) is 5.91 Å². The monoisotopic (exact) mass is 536 g/mol. The van der Waals surface area contributed by atoms with Crippen LogP contribution in [0.25, 0.3) is 10.4 Å². The number of hydrogen-bond acceptors (Lipinski definition) is 7. The summed E-state index contributed by atoms with van der Waals surface area (Å²) in [5, 5.41) is 13.2. The molecule has 0 spiro atoms. The summed E-state index contributed by atoms with van der Waals surface area (Å²) < 4.78 is 5.98. The first-order chi connectivity index (χ1) is 17.5. The van der Waals surface area contributed by atoms with Crippen molar-refractivity contribution in [2.24, 2.45) is 0 Å². The summed E-state index contributed by atoms with van der Waals surface area (Å²) in [7, 11) is 1.39. The van der Waals surface area contributed by atoms with E-state index in [1.54, 1.807) is 11.3 Å². The van der Waals surface area contributed by atoms with Crippen molar-refractivity contribution >= 4 is 51.3 Å². The number of aryl methyl sites for hydroxylation is 2. The Balaban J connectivity index is 1.39. The van der Waals surface area contributed by atoms with Crippen LogP contribution in [0.2, 0.25) is 0 Å². The second-order valence-electron chi connectivity index (χ2n) is 9.20. The van der Waals surface area contributed by atoms with Crippen LogP contribution in [0.4, 0.5) is 5.00 Å². The van der Waals surface area contributed by atoms with Crippen molar-refractivity contribution in [3.8, 4) is 16.5 Å². The van der Waals surface area contributed by atoms with E-state index in [-0.39, 0.29) is 11.9 Å². The molecule has 1 atom stereocenters. The van der Waals surface area contributed by atoms with Crippen LogP contribution in [-0.4, -0.2) is 24.2 Å². The van der Waals surface area contributed by atoms with Gasteiger partial charge in [0.05, 0.1) is 27.7 Å². The number of nitrogens with zero attached hydrogens (tertiary/aromatic N) is 1. The number of thioether (sulfide) groups is 1. The number of thiophene rings is 2. The molecule has 2 aliphatic carbocycles. The van der Waals surface area contributed by atoms with Crippen LogP contribution in [-0.2, 0) is 35.2 Å². The fourth-order valence-corrected chi connectivity index (χ4v) is 9.09. The Morgan fingerprint density at radius 3 is 2.61 bits per heavy atom. The summed E-state index contributed by atoms with van der Waals surface area (Å²) in [5.41, 5.74) is 5.86. The van der Waals surface area contributed by atoms with Crippen molar-refractivity contribution in [2.45, 2.75) is 67.7 Å². The Morgan fingerprint density at radius 2 is 1.83 bits per heavy atom. The SMILES string of the molecule is COC(=O)c1c(NC(=O)C(C)Sc2sc3c(c2C#N)CCc2ccccc2-3)sc2c1CCCCCC2. The number of fused-ring (bicyclic) bond motifs is 4. The Kier molecular flexibility index (Phi) is 7.52. The number of ether oxygens (including phenoxy) is 1. The number of methoxy groups -OCH3 is 1. The third-order valence-electron chi connectivity index (χ3n) is 6.94. The van der Waals surface area contributed by atoms with E-state index in [2.05, 4.69) is 29.6 Å². The molecule has 2 aromatic heterocycles. The van der Waals surface area contributed by atoms with Crippen LogP contribution >= 0.6 is 34.4 Å². The second-order valence-corrected chi connectivity index (χ2v) is 12.9. The fraction of sp³-hybridized carbons (Fsp3) is 0.393. The quantitative estimate of drug-likeness (QED) is 0.280. The molecule has 2 aliphatic rings. The van der Waals surface area contributed by atoms with Crippen molar-refractivity contribution in [3.05, 3.63) is 57.0 Å². The lowest BCUT2D eigenvalue weighted by Gasteiger charge is -2.15. The molecule has 5 nitrogen and oxygen atoms in total. The summed E-state index contributed by atoms with van der Waals surface area (Å²) >= 11 is 4.54. The van der Waals surface area contributed by atoms with E-state index in [0.29, 0.717) is 16.1 Å². The summed E-state index contributed by atoms with van der Waals surface area (Å²) in [4.78, 5) is 28.3. The van der Waals surface area contributed by atoms with Gasteiger partial charge in [-0.1, -0.05) is 37.1 Å². The second kappa shape index (κ2) is 10.8. The molecule has 0 aliphatic heterocycles. The molecule has 8 heteroatoms. The number of amides is 1. The van der Waals surface area contributed by atoms with Gasteiger partial charge in [0.1, 0.15) is 11.1 Å². The van der Waals surface area contributed by atoms with Gasteiger partial charge in [-0.25, -0.2) is 4.79 Å². The molecule has 5 rings (SSSR count). The predicted octanol–water partition coefficient (Wildman–Crippen LogP) is 7.01. The van der Waals surface area contributed by atoms with Crippen LogP contribution < -0.4 is 5.32 Å². The minimum atomic E-state index is -0.428. The predicted molar refractivity (Wildman–Crippen MR) is 147 cm³/mol. The highest BCUT2D eigenvalue weighted by molar-refractivity contribution is 8.02. The highest BCUT2D eigenvalue weighted by Gasteiger charge is 2.29. The van der Waals surface area contributed by atoms with Crippen molar-refractivity contribution in [1.82, 2.24) is 0 Å². The summed E-state index contributed by atoms with van der Waals surface area (Å²) in [6, 6.07) is 10.8. The van der Waals surface area contributed by atoms with Crippen LogP contribution in [0, 0.1) is 11.3 Å². The van der Waals surface area contributed by atoms with Crippen molar-refractivity contribution in [2.75, 3.05) is 12.4 Å². The Morgan fingerprint density at radius 1 is 1.06 bits per heavy atom. The molecule has 2 heterocycles. The zero-order valence-corrected chi connectivity index (χ0v) is 22.9. The van der Waals surface area contributed by atoms with E-state index in [9.17, 15) is 14.9 Å². The number of hydrogen-bond donors (Lipinski definition) is 1. The van der Waals surface area contributed by atoms with Gasteiger partial charge in [0.15, 0.2) is 0 Å². The number of rotatable bonds is 5. The zero-order valence-electron chi connectivity index (χ0n) is 20.4. The molecule has 0 bridgehead atoms. The van der Waals surface area contributed by atoms with Gasteiger partial charge in [-0.2, -0.15) is 5.26 Å². The van der Waals surface area contributed by atoms with Crippen LogP contribution in [0.1, 0.15) is 70.1 Å². The van der Waals surface area contributed by atoms with Gasteiger partial charge in [0, 0.05) is 9.75 Å². The number of nitriles is 1. The number of carbonyl (C=O) groups is 2. The maximum atomic E-state index is 13.3. The van der Waals surface area contributed by atoms with Crippen LogP contribution in [0.3, 0.4) is 0 Å². The first-order valence-corrected chi connectivity index (χ1v) is 14.9. The third-order valence-corrected chi connectivity index (χ3v) is 10.7. The van der Waals surface area contributed by atoms with Gasteiger partial charge < -0.3 is 10.1 Å². The summed E-state index contributed by atoms with van der Waals surface area (Å²) in [6.07, 6.45) is 8.01. The fourth-order valence-electron chi connectivity index (χ4n) is 5.07. The normalized spacial score (nSPS) is 15.4. The maximum absolute atomic E-state index is 13.3. The molecule has 0 saturated carbocycles. The Hall–Kier alpha value is -2.60. The van der Waals surface area contributed by atoms with Gasteiger partial charge in [-0.05, 0) is 67.7 Å². The average Bonchev–Trinajstić information content (AvgIpc) is 3.40. The number of benzene rings is 1. The average molecular weight is 537 g/mol. The molecule has 1 aromatic carbocycles. The number of nitrogens with one attached hydrogen (secondary N) is 1. The molecule has 3 aromatic rings. The van der Waals surface area contributed by atoms with Crippen molar-refractivity contribution in [1.29, 1.82) is 5.26 Å². The highest BCUT2D eigenvalue weighted by atomic mass is 32.2. The Bertz CT molecular complexity index is 1370. The first-order valence-electron chi connectivity index (χ1n) is 12.4. The summed E-state index contributed by atoms with van der Waals surface area (Å²) in [5.74, 6) is -0.560. The Labute approximate surface area is 223 Å². The lowest BCUT2D eigenvalue weighted by molar-refractivity contribution is -0.115. The molecule has 0 radical (unpaired) electrons. The smallest absolute Gasteiger partial charge is 0.341 e. The maximum Gasteiger partial charge on any atom is 0.341 e. The van der Waals surface area contributed by atoms with Gasteiger partial charge in [0.25, 0.3) is 0 Å². The highest BCUT2D eigenvalue weighted by Crippen LogP contribution is 2.47.